The molecule has 2 aliphatic heterocycles. The van der Waals surface area contributed by atoms with E-state index in [-0.39, 0.29) is 22.9 Å². The van der Waals surface area contributed by atoms with Crippen molar-refractivity contribution in [2.24, 2.45) is 0 Å². The zero-order chi connectivity index (χ0) is 34.2. The molecular weight excluding hydrogens is 634 g/mol. The van der Waals surface area contributed by atoms with Gasteiger partial charge in [0.1, 0.15) is 28.8 Å². The molecule has 2 atom stereocenters. The Morgan fingerprint density at radius 1 is 1.07 bits per heavy atom. The number of carboxylic acid groups (broad SMARTS) is 1. The van der Waals surface area contributed by atoms with E-state index in [1.54, 1.807) is 24.8 Å². The van der Waals surface area contributed by atoms with E-state index >= 15 is 0 Å². The highest BCUT2D eigenvalue weighted by Gasteiger charge is 2.44. The zero-order valence-electron chi connectivity index (χ0n) is 24.5. The third-order valence-corrected chi connectivity index (χ3v) is 7.75. The lowest BCUT2D eigenvalue weighted by Crippen LogP contribution is -2.46. The Kier molecular flexibility index (Phi) is 9.45. The maximum Gasteiger partial charge on any atom is 0.490 e. The predicted molar refractivity (Wildman–Crippen MR) is 146 cm³/mol. The minimum absolute atomic E-state index is 0.196. The van der Waals surface area contributed by atoms with Crippen molar-refractivity contribution in [2.75, 3.05) is 25.5 Å². The molecular formula is C29H27F8N5O4. The van der Waals surface area contributed by atoms with Crippen LogP contribution in [0, 0.1) is 18.6 Å². The minimum Gasteiger partial charge on any atom is -0.481 e. The van der Waals surface area contributed by atoms with E-state index in [1.807, 2.05) is 0 Å². The monoisotopic (exact) mass is 661 g/mol. The number of aliphatic carboxylic acids is 1. The van der Waals surface area contributed by atoms with E-state index in [0.717, 1.165) is 17.8 Å². The molecule has 1 fully saturated rings. The number of halogens is 8. The number of carbonyl (C=O) groups is 2. The summed E-state index contributed by atoms with van der Waals surface area (Å²) in [7, 11) is 1.42. The van der Waals surface area contributed by atoms with Crippen LogP contribution in [0.1, 0.15) is 48.2 Å². The van der Waals surface area contributed by atoms with Gasteiger partial charge in [-0.1, -0.05) is 0 Å². The summed E-state index contributed by atoms with van der Waals surface area (Å²) >= 11 is 0. The van der Waals surface area contributed by atoms with Gasteiger partial charge in [-0.05, 0) is 56.9 Å². The first kappa shape index (κ1) is 34.3. The molecule has 2 N–H and O–H groups in total. The molecule has 2 aliphatic rings. The number of likely N-dealkylation sites (tertiary alicyclic amines) is 1. The topological polar surface area (TPSA) is 118 Å². The lowest BCUT2D eigenvalue weighted by molar-refractivity contribution is -0.192. The highest BCUT2D eigenvalue weighted by molar-refractivity contribution is 5.84. The van der Waals surface area contributed by atoms with Crippen LogP contribution in [0.5, 0.6) is 5.88 Å². The summed E-state index contributed by atoms with van der Waals surface area (Å²) in [5.41, 5.74) is -0.587. The van der Waals surface area contributed by atoms with Crippen LogP contribution >= 0.6 is 0 Å². The second kappa shape index (κ2) is 12.7. The zero-order valence-corrected chi connectivity index (χ0v) is 24.5. The van der Waals surface area contributed by atoms with E-state index in [9.17, 15) is 39.9 Å². The number of alkyl halides is 6. The summed E-state index contributed by atoms with van der Waals surface area (Å²) in [5, 5.41) is 10.6. The molecule has 3 aromatic rings. The standard InChI is InChI=1S/C27H26F5N5O2.C2HF3O2/c1-14(17-11-22(39-3)33-12-20(17)29)25(38)37-9-8-26(13-37)7-6-16-10-18(15(2)34-24(16)36-26)23-19(28)4-5-21(35-23)27(30,31)32;3-2(4,5)1(6)7/h4-5,10-12,14H,6-9,13H2,1-3H3,(H,34,36);(H,6,7)/t14-,26+;/m1./s1. The van der Waals surface area contributed by atoms with Gasteiger partial charge in [-0.3, -0.25) is 4.79 Å². The minimum atomic E-state index is -5.08. The first-order valence-electron chi connectivity index (χ1n) is 13.7. The summed E-state index contributed by atoms with van der Waals surface area (Å²) in [4.78, 5) is 35.8. The van der Waals surface area contributed by atoms with Crippen LogP contribution in [0.3, 0.4) is 0 Å². The van der Waals surface area contributed by atoms with Gasteiger partial charge in [-0.25, -0.2) is 28.5 Å². The van der Waals surface area contributed by atoms with Gasteiger partial charge in [0.15, 0.2) is 0 Å². The number of rotatable bonds is 4. The largest absolute Gasteiger partial charge is 0.490 e. The van der Waals surface area contributed by atoms with Crippen LogP contribution in [0.15, 0.2) is 30.5 Å². The van der Waals surface area contributed by atoms with Gasteiger partial charge in [-0.15, -0.1) is 0 Å². The highest BCUT2D eigenvalue weighted by Crippen LogP contribution is 2.40. The summed E-state index contributed by atoms with van der Waals surface area (Å²) in [6, 6.07) is 4.42. The third-order valence-electron chi connectivity index (χ3n) is 7.75. The number of pyridine rings is 3. The molecule has 46 heavy (non-hydrogen) atoms. The molecule has 3 aromatic heterocycles. The predicted octanol–water partition coefficient (Wildman–Crippen LogP) is 5.92. The fourth-order valence-electron chi connectivity index (χ4n) is 5.31. The van der Waals surface area contributed by atoms with E-state index < -0.39 is 52.8 Å². The number of amides is 1. The molecule has 17 heteroatoms. The van der Waals surface area contributed by atoms with Crippen LogP contribution in [-0.2, 0) is 22.2 Å². The normalized spacial score (nSPS) is 18.3. The maximum absolute atomic E-state index is 14.5. The quantitative estimate of drug-likeness (QED) is 0.331. The average molecular weight is 662 g/mol. The Balaban J connectivity index is 0.000000617. The molecule has 0 aromatic carbocycles. The number of anilines is 1. The second-order valence-corrected chi connectivity index (χ2v) is 10.8. The van der Waals surface area contributed by atoms with Crippen LogP contribution in [0.2, 0.25) is 0 Å². The number of carboxylic acids is 1. The smallest absolute Gasteiger partial charge is 0.481 e. The highest BCUT2D eigenvalue weighted by atomic mass is 19.4. The fourth-order valence-corrected chi connectivity index (χ4v) is 5.31. The van der Waals surface area contributed by atoms with Crippen molar-refractivity contribution in [1.82, 2.24) is 19.9 Å². The molecule has 0 saturated carbocycles. The number of nitrogens with one attached hydrogen (secondary N) is 1. The van der Waals surface area contributed by atoms with E-state index in [4.69, 9.17) is 14.6 Å². The molecule has 0 unspecified atom stereocenters. The maximum atomic E-state index is 14.5. The van der Waals surface area contributed by atoms with E-state index in [0.29, 0.717) is 49.9 Å². The van der Waals surface area contributed by atoms with Crippen LogP contribution in [0.25, 0.3) is 11.3 Å². The van der Waals surface area contributed by atoms with Crippen LogP contribution in [-0.4, -0.2) is 68.7 Å². The number of methoxy groups -OCH3 is 1. The van der Waals surface area contributed by atoms with Gasteiger partial charge in [0.05, 0.1) is 24.8 Å². The SMILES string of the molecule is COc1cc([C@@H](C)C(=O)N2CC[C@@]3(CCc4cc(-c5nc(C(F)(F)F)ccc5F)c(C)nc4N3)C2)c(F)cn1.O=C(O)C(F)(F)F. The second-order valence-electron chi connectivity index (χ2n) is 10.8. The van der Waals surface area contributed by atoms with Gasteiger partial charge in [0.2, 0.25) is 11.8 Å². The number of ether oxygens (including phenoxy) is 1. The average Bonchev–Trinajstić information content (AvgIpc) is 3.39. The summed E-state index contributed by atoms with van der Waals surface area (Å²) < 4.78 is 105. The third kappa shape index (κ3) is 7.28. The number of hydrogen-bond acceptors (Lipinski definition) is 7. The van der Waals surface area contributed by atoms with Gasteiger partial charge in [-0.2, -0.15) is 26.3 Å². The molecule has 1 saturated heterocycles. The van der Waals surface area contributed by atoms with Crippen molar-refractivity contribution in [1.29, 1.82) is 0 Å². The lowest BCUT2D eigenvalue weighted by Gasteiger charge is -2.36. The molecule has 0 aliphatic carbocycles. The molecule has 0 radical (unpaired) electrons. The molecule has 5 rings (SSSR count). The van der Waals surface area contributed by atoms with Crippen molar-refractivity contribution in [3.63, 3.8) is 0 Å². The Hall–Kier alpha value is -4.57. The van der Waals surface area contributed by atoms with Crippen molar-refractivity contribution >= 4 is 17.7 Å². The number of fused-ring (bicyclic) bond motifs is 1. The molecule has 1 amide bonds. The van der Waals surface area contributed by atoms with E-state index in [1.165, 1.54) is 13.2 Å². The summed E-state index contributed by atoms with van der Waals surface area (Å²) in [6.45, 7) is 4.07. The van der Waals surface area contributed by atoms with Gasteiger partial charge < -0.3 is 20.1 Å². The fraction of sp³-hybridized carbons (Fsp3) is 0.414. The van der Waals surface area contributed by atoms with E-state index in [2.05, 4.69) is 20.3 Å². The van der Waals surface area contributed by atoms with Gasteiger partial charge in [0, 0.05) is 36.0 Å². The van der Waals surface area contributed by atoms with Gasteiger partial charge in [0.25, 0.3) is 0 Å². The number of aryl methyl sites for hydroxylation is 2. The van der Waals surface area contributed by atoms with Crippen molar-refractivity contribution in [3.05, 3.63) is 64.6 Å². The molecule has 9 nitrogen and oxygen atoms in total. The Labute approximate surface area is 256 Å². The Morgan fingerprint density at radius 3 is 2.35 bits per heavy atom. The summed E-state index contributed by atoms with van der Waals surface area (Å²) in [5.74, 6) is -4.42. The first-order chi connectivity index (χ1) is 21.3. The van der Waals surface area contributed by atoms with Crippen LogP contribution in [0.4, 0.5) is 40.9 Å². The molecule has 1 spiro atoms. The van der Waals surface area contributed by atoms with Gasteiger partial charge >= 0.3 is 18.3 Å². The Bertz CT molecular complexity index is 1650. The first-order valence-corrected chi connectivity index (χ1v) is 13.7. The number of hydrogen-bond donors (Lipinski definition) is 2. The Morgan fingerprint density at radius 2 is 1.74 bits per heavy atom. The van der Waals surface area contributed by atoms with Crippen LogP contribution < -0.4 is 10.1 Å². The molecule has 248 valence electrons. The molecule has 0 bridgehead atoms. The van der Waals surface area contributed by atoms with Crippen molar-refractivity contribution in [2.45, 2.75) is 56.9 Å². The number of carbonyl (C=O) groups excluding carboxylic acids is 1. The number of aromatic nitrogens is 3. The summed E-state index contributed by atoms with van der Waals surface area (Å²) in [6.07, 6.45) is -6.97. The molecule has 5 heterocycles. The van der Waals surface area contributed by atoms with Crippen molar-refractivity contribution < 1.29 is 54.6 Å². The van der Waals surface area contributed by atoms with Crippen molar-refractivity contribution in [3.8, 4) is 17.1 Å². The lowest BCUT2D eigenvalue weighted by atomic mass is 9.86. The number of nitrogens with zero attached hydrogens (tertiary/aromatic N) is 4.